The van der Waals surface area contributed by atoms with Crippen LogP contribution in [0.25, 0.3) is 0 Å². The molecule has 2 aromatic carbocycles. The van der Waals surface area contributed by atoms with Crippen molar-refractivity contribution in [3.63, 3.8) is 0 Å². The van der Waals surface area contributed by atoms with Gasteiger partial charge in [0.2, 0.25) is 0 Å². The maximum Gasteiger partial charge on any atom is 0.271 e. The summed E-state index contributed by atoms with van der Waals surface area (Å²) in [5.41, 5.74) is 2.68. The molecule has 0 atom stereocenters. The molecule has 3 rings (SSSR count). The summed E-state index contributed by atoms with van der Waals surface area (Å²) in [5.74, 6) is 0. The molecule has 0 bridgehead atoms. The van der Waals surface area contributed by atoms with Crippen LogP contribution in [-0.2, 0) is 23.0 Å². The lowest BCUT2D eigenvalue weighted by Crippen LogP contribution is -2.11. The Morgan fingerprint density at radius 3 is 2.20 bits per heavy atom. The summed E-state index contributed by atoms with van der Waals surface area (Å²) in [4.78, 5) is 1.06. The minimum atomic E-state index is -3.52. The summed E-state index contributed by atoms with van der Waals surface area (Å²) in [5, 5.41) is 3.32. The van der Waals surface area contributed by atoms with Crippen molar-refractivity contribution in [1.82, 2.24) is 0 Å². The Morgan fingerprint density at radius 2 is 1.56 bits per heavy atom. The number of aryl methyl sites for hydroxylation is 1. The highest BCUT2D eigenvalue weighted by Gasteiger charge is 2.16. The van der Waals surface area contributed by atoms with Crippen LogP contribution < -0.4 is 10.0 Å². The van der Waals surface area contributed by atoms with Gasteiger partial charge in [0.25, 0.3) is 10.0 Å². The van der Waals surface area contributed by atoms with Gasteiger partial charge in [0.1, 0.15) is 4.21 Å². The summed E-state index contributed by atoms with van der Waals surface area (Å²) in [6.45, 7) is 2.73. The van der Waals surface area contributed by atoms with E-state index < -0.39 is 10.0 Å². The third-order valence-electron chi connectivity index (χ3n) is 3.73. The van der Waals surface area contributed by atoms with Crippen LogP contribution in [-0.4, -0.2) is 8.42 Å². The van der Waals surface area contributed by atoms with Gasteiger partial charge in [-0.2, -0.15) is 0 Å². The predicted molar refractivity (Wildman–Crippen MR) is 105 cm³/mol. The first-order chi connectivity index (χ1) is 12.1. The van der Waals surface area contributed by atoms with Gasteiger partial charge in [0.15, 0.2) is 0 Å². The first-order valence-electron chi connectivity index (χ1n) is 8.06. The fourth-order valence-electron chi connectivity index (χ4n) is 2.35. The van der Waals surface area contributed by atoms with Crippen LogP contribution in [0.15, 0.2) is 70.9 Å². The molecule has 0 unspecified atom stereocenters. The zero-order valence-electron chi connectivity index (χ0n) is 13.9. The van der Waals surface area contributed by atoms with E-state index in [1.54, 1.807) is 18.2 Å². The topological polar surface area (TPSA) is 58.2 Å². The van der Waals surface area contributed by atoms with Crippen LogP contribution in [0.1, 0.15) is 17.4 Å². The molecule has 1 heterocycles. The average Bonchev–Trinajstić information content (AvgIpc) is 3.12. The molecule has 0 aliphatic rings. The van der Waals surface area contributed by atoms with Gasteiger partial charge in [0.05, 0.1) is 0 Å². The standard InChI is InChI=1S/C19H20N2O2S2/c1-2-18-12-13-19(24-18)25(22,23)21-17-10-8-16(9-11-17)20-14-15-6-4-3-5-7-15/h3-13,20-21H,2,14H2,1H3. The number of sulfonamides is 1. The second kappa shape index (κ2) is 7.72. The van der Waals surface area contributed by atoms with E-state index in [4.69, 9.17) is 0 Å². The van der Waals surface area contributed by atoms with E-state index in [-0.39, 0.29) is 0 Å². The van der Waals surface area contributed by atoms with Gasteiger partial charge < -0.3 is 5.32 Å². The molecule has 0 aliphatic carbocycles. The predicted octanol–water partition coefficient (Wildman–Crippen LogP) is 4.72. The third kappa shape index (κ3) is 4.61. The lowest BCUT2D eigenvalue weighted by Gasteiger charge is -2.09. The van der Waals surface area contributed by atoms with Crippen molar-refractivity contribution in [1.29, 1.82) is 0 Å². The highest BCUT2D eigenvalue weighted by molar-refractivity contribution is 7.94. The number of hydrogen-bond acceptors (Lipinski definition) is 4. The smallest absolute Gasteiger partial charge is 0.271 e. The number of nitrogens with one attached hydrogen (secondary N) is 2. The lowest BCUT2D eigenvalue weighted by atomic mass is 10.2. The van der Waals surface area contributed by atoms with Crippen LogP contribution in [0.3, 0.4) is 0 Å². The lowest BCUT2D eigenvalue weighted by molar-refractivity contribution is 0.603. The van der Waals surface area contributed by atoms with Crippen LogP contribution >= 0.6 is 11.3 Å². The Hall–Kier alpha value is -2.31. The summed E-state index contributed by atoms with van der Waals surface area (Å²) < 4.78 is 27.8. The van der Waals surface area contributed by atoms with E-state index >= 15 is 0 Å². The van der Waals surface area contributed by atoms with E-state index in [1.165, 1.54) is 16.9 Å². The quantitative estimate of drug-likeness (QED) is 0.631. The molecule has 0 amide bonds. The van der Waals surface area contributed by atoms with Crippen LogP contribution in [0.4, 0.5) is 11.4 Å². The average molecular weight is 373 g/mol. The van der Waals surface area contributed by atoms with Crippen LogP contribution in [0.5, 0.6) is 0 Å². The molecule has 1 aromatic heterocycles. The molecule has 0 saturated carbocycles. The molecule has 3 aromatic rings. The summed E-state index contributed by atoms with van der Waals surface area (Å²) in [7, 11) is -3.52. The number of rotatable bonds is 7. The van der Waals surface area contributed by atoms with E-state index in [1.807, 2.05) is 43.3 Å². The Morgan fingerprint density at radius 1 is 0.880 bits per heavy atom. The fourth-order valence-corrected chi connectivity index (χ4v) is 4.71. The zero-order chi connectivity index (χ0) is 17.7. The van der Waals surface area contributed by atoms with Gasteiger partial charge >= 0.3 is 0 Å². The Kier molecular flexibility index (Phi) is 5.40. The Bertz CT molecular complexity index is 918. The maximum absolute atomic E-state index is 12.4. The molecule has 0 fully saturated rings. The molecule has 25 heavy (non-hydrogen) atoms. The summed E-state index contributed by atoms with van der Waals surface area (Å²) in [6, 6.07) is 20.9. The molecule has 2 N–H and O–H groups in total. The van der Waals surface area contributed by atoms with Crippen LogP contribution in [0.2, 0.25) is 0 Å². The highest BCUT2D eigenvalue weighted by Crippen LogP contribution is 2.25. The monoisotopic (exact) mass is 372 g/mol. The second-order valence-electron chi connectivity index (χ2n) is 5.60. The van der Waals surface area contributed by atoms with Gasteiger partial charge in [-0.05, 0) is 48.4 Å². The first-order valence-corrected chi connectivity index (χ1v) is 10.4. The van der Waals surface area contributed by atoms with E-state index in [2.05, 4.69) is 22.2 Å². The Balaban J connectivity index is 1.64. The van der Waals surface area contributed by atoms with Crippen molar-refractivity contribution in [3.8, 4) is 0 Å². The van der Waals surface area contributed by atoms with Crippen molar-refractivity contribution in [3.05, 3.63) is 77.2 Å². The maximum atomic E-state index is 12.4. The zero-order valence-corrected chi connectivity index (χ0v) is 15.5. The van der Waals surface area contributed by atoms with Crippen molar-refractivity contribution < 1.29 is 8.42 Å². The van der Waals surface area contributed by atoms with Gasteiger partial charge in [-0.1, -0.05) is 37.3 Å². The Labute approximate surface area is 152 Å². The SMILES string of the molecule is CCc1ccc(S(=O)(=O)Nc2ccc(NCc3ccccc3)cc2)s1. The summed E-state index contributed by atoms with van der Waals surface area (Å²) >= 11 is 1.31. The molecule has 0 saturated heterocycles. The largest absolute Gasteiger partial charge is 0.381 e. The van der Waals surface area contributed by atoms with Crippen molar-refractivity contribution in [2.24, 2.45) is 0 Å². The van der Waals surface area contributed by atoms with Crippen LogP contribution in [0, 0.1) is 0 Å². The first kappa shape index (κ1) is 17.5. The van der Waals surface area contributed by atoms with Gasteiger partial charge in [0, 0.05) is 22.8 Å². The number of benzene rings is 2. The molecule has 0 spiro atoms. The number of thiophene rings is 1. The minimum absolute atomic E-state index is 0.343. The van der Waals surface area contributed by atoms with E-state index in [9.17, 15) is 8.42 Å². The molecule has 0 radical (unpaired) electrons. The highest BCUT2D eigenvalue weighted by atomic mass is 32.2. The third-order valence-corrected chi connectivity index (χ3v) is 6.83. The van der Waals surface area contributed by atoms with Gasteiger partial charge in [-0.3, -0.25) is 4.72 Å². The van der Waals surface area contributed by atoms with Gasteiger partial charge in [-0.15, -0.1) is 11.3 Å². The van der Waals surface area contributed by atoms with E-state index in [0.29, 0.717) is 9.90 Å². The molecule has 6 heteroatoms. The normalized spacial score (nSPS) is 11.2. The van der Waals surface area contributed by atoms with E-state index in [0.717, 1.165) is 23.5 Å². The molecule has 130 valence electrons. The molecule has 4 nitrogen and oxygen atoms in total. The fraction of sp³-hybridized carbons (Fsp3) is 0.158. The number of anilines is 2. The van der Waals surface area contributed by atoms with Crippen molar-refractivity contribution in [2.45, 2.75) is 24.1 Å². The van der Waals surface area contributed by atoms with Crippen molar-refractivity contribution in [2.75, 3.05) is 10.0 Å². The van der Waals surface area contributed by atoms with Gasteiger partial charge in [-0.25, -0.2) is 8.42 Å². The second-order valence-corrected chi connectivity index (χ2v) is 8.67. The molecule has 0 aliphatic heterocycles. The minimum Gasteiger partial charge on any atom is -0.381 e. The molecular formula is C19H20N2O2S2. The molecular weight excluding hydrogens is 352 g/mol. The summed E-state index contributed by atoms with van der Waals surface area (Å²) in [6.07, 6.45) is 0.835. The van der Waals surface area contributed by atoms with Crippen molar-refractivity contribution >= 4 is 32.7 Å². The number of hydrogen-bond donors (Lipinski definition) is 2.